The van der Waals surface area contributed by atoms with Gasteiger partial charge in [-0.15, -0.1) is 0 Å². The van der Waals surface area contributed by atoms with E-state index in [-0.39, 0.29) is 12.5 Å². The largest absolute Gasteiger partial charge is 0.497 e. The normalized spacial score (nSPS) is 10.6. The summed E-state index contributed by atoms with van der Waals surface area (Å²) in [5, 5.41) is 7.67. The number of amides is 1. The molecule has 0 aliphatic rings. The predicted molar refractivity (Wildman–Crippen MR) is 68.8 cm³/mol. The van der Waals surface area contributed by atoms with Gasteiger partial charge in [-0.05, 0) is 29.8 Å². The molecule has 0 atom stereocenters. The maximum atomic E-state index is 11.5. The van der Waals surface area contributed by atoms with E-state index in [2.05, 4.69) is 20.6 Å². The lowest BCUT2D eigenvalue weighted by Crippen LogP contribution is -2.23. The number of nitrogens with zero attached hydrogens (tertiary/aromatic N) is 4. The lowest BCUT2D eigenvalue weighted by molar-refractivity contribution is -0.121. The minimum Gasteiger partial charge on any atom is -0.497 e. The first-order valence-electron chi connectivity index (χ1n) is 5.56. The van der Waals surface area contributed by atoms with Gasteiger partial charge in [0.1, 0.15) is 24.9 Å². The quantitative estimate of drug-likeness (QED) is 0.624. The molecule has 0 radical (unpaired) electrons. The van der Waals surface area contributed by atoms with E-state index in [1.165, 1.54) is 17.3 Å². The number of hydrogen-bond donors (Lipinski definition) is 1. The Morgan fingerprint density at radius 2 is 2.26 bits per heavy atom. The van der Waals surface area contributed by atoms with Crippen molar-refractivity contribution < 1.29 is 9.53 Å². The lowest BCUT2D eigenvalue weighted by Gasteiger charge is -2.00. The van der Waals surface area contributed by atoms with Crippen LogP contribution in [-0.2, 0) is 11.3 Å². The molecule has 0 saturated heterocycles. The highest BCUT2D eigenvalue weighted by molar-refractivity contribution is 5.82. The first kappa shape index (κ1) is 12.7. The number of aromatic nitrogens is 3. The molecule has 1 amide bonds. The van der Waals surface area contributed by atoms with Crippen molar-refractivity contribution >= 4 is 12.1 Å². The highest BCUT2D eigenvalue weighted by atomic mass is 16.5. The molecule has 1 aromatic carbocycles. The summed E-state index contributed by atoms with van der Waals surface area (Å²) in [6.45, 7) is 0.0833. The van der Waals surface area contributed by atoms with Crippen LogP contribution in [0.1, 0.15) is 5.56 Å². The summed E-state index contributed by atoms with van der Waals surface area (Å²) in [6.07, 6.45) is 4.39. The van der Waals surface area contributed by atoms with Crippen LogP contribution >= 0.6 is 0 Å². The van der Waals surface area contributed by atoms with Crippen LogP contribution < -0.4 is 10.2 Å². The first-order chi connectivity index (χ1) is 9.28. The molecule has 7 nitrogen and oxygen atoms in total. The zero-order valence-electron chi connectivity index (χ0n) is 10.4. The van der Waals surface area contributed by atoms with E-state index in [4.69, 9.17) is 4.74 Å². The van der Waals surface area contributed by atoms with Crippen LogP contribution in [0.25, 0.3) is 0 Å². The van der Waals surface area contributed by atoms with Crippen molar-refractivity contribution in [2.45, 2.75) is 6.54 Å². The van der Waals surface area contributed by atoms with E-state index in [1.807, 2.05) is 24.3 Å². The van der Waals surface area contributed by atoms with Crippen LogP contribution in [0.5, 0.6) is 5.75 Å². The second-order valence-corrected chi connectivity index (χ2v) is 3.66. The molecule has 0 aliphatic carbocycles. The summed E-state index contributed by atoms with van der Waals surface area (Å²) in [4.78, 5) is 15.2. The van der Waals surface area contributed by atoms with Crippen LogP contribution in [0.2, 0.25) is 0 Å². The van der Waals surface area contributed by atoms with Gasteiger partial charge in [-0.2, -0.15) is 10.2 Å². The van der Waals surface area contributed by atoms with Crippen molar-refractivity contribution in [2.75, 3.05) is 7.11 Å². The van der Waals surface area contributed by atoms with Crippen LogP contribution in [-0.4, -0.2) is 34.0 Å². The number of hydrogen-bond acceptors (Lipinski definition) is 5. The maximum Gasteiger partial charge on any atom is 0.261 e. The summed E-state index contributed by atoms with van der Waals surface area (Å²) < 4.78 is 6.46. The number of rotatable bonds is 5. The Balaban J connectivity index is 1.83. The van der Waals surface area contributed by atoms with Gasteiger partial charge in [0.25, 0.3) is 5.91 Å². The molecule has 0 spiro atoms. The second kappa shape index (κ2) is 6.29. The third kappa shape index (κ3) is 3.91. The fourth-order valence-corrected chi connectivity index (χ4v) is 1.37. The highest BCUT2D eigenvalue weighted by Crippen LogP contribution is 2.09. The van der Waals surface area contributed by atoms with Crippen molar-refractivity contribution in [1.82, 2.24) is 20.2 Å². The van der Waals surface area contributed by atoms with E-state index in [0.717, 1.165) is 11.3 Å². The van der Waals surface area contributed by atoms with Gasteiger partial charge in [0.15, 0.2) is 0 Å². The van der Waals surface area contributed by atoms with Gasteiger partial charge in [0, 0.05) is 0 Å². The average molecular weight is 259 g/mol. The smallest absolute Gasteiger partial charge is 0.261 e. The number of ether oxygens (including phenoxy) is 1. The standard InChI is InChI=1S/C12H13N5O2/c1-19-11-4-2-10(3-5-11)6-14-16-12(18)7-17-9-13-8-15-17/h2-6,8-9H,7H2,1H3,(H,16,18)/b14-6+. The SMILES string of the molecule is COc1ccc(/C=N/NC(=O)Cn2cncn2)cc1. The molecule has 19 heavy (non-hydrogen) atoms. The first-order valence-corrected chi connectivity index (χ1v) is 5.56. The minimum absolute atomic E-state index is 0.0833. The van der Waals surface area contributed by atoms with Crippen molar-refractivity contribution in [3.05, 3.63) is 42.5 Å². The predicted octanol–water partition coefficient (Wildman–Crippen LogP) is 0.437. The number of nitrogens with one attached hydrogen (secondary N) is 1. The van der Waals surface area contributed by atoms with Crippen LogP contribution in [0.15, 0.2) is 42.0 Å². The van der Waals surface area contributed by atoms with Crippen molar-refractivity contribution in [3.8, 4) is 5.75 Å². The topological polar surface area (TPSA) is 81.4 Å². The van der Waals surface area contributed by atoms with Crippen LogP contribution in [0, 0.1) is 0 Å². The van der Waals surface area contributed by atoms with Gasteiger partial charge in [-0.3, -0.25) is 4.79 Å². The molecule has 0 fully saturated rings. The molecule has 1 N–H and O–H groups in total. The molecule has 7 heteroatoms. The highest BCUT2D eigenvalue weighted by Gasteiger charge is 2.00. The van der Waals surface area contributed by atoms with E-state index >= 15 is 0 Å². The monoisotopic (exact) mass is 259 g/mol. The third-order valence-corrected chi connectivity index (χ3v) is 2.29. The maximum absolute atomic E-state index is 11.5. The Morgan fingerprint density at radius 1 is 1.47 bits per heavy atom. The van der Waals surface area contributed by atoms with E-state index in [1.54, 1.807) is 13.3 Å². The van der Waals surface area contributed by atoms with Gasteiger partial charge in [-0.1, -0.05) is 0 Å². The Morgan fingerprint density at radius 3 is 2.89 bits per heavy atom. The minimum atomic E-state index is -0.268. The van der Waals surface area contributed by atoms with E-state index in [9.17, 15) is 4.79 Å². The number of carbonyl (C=O) groups is 1. The number of hydrazone groups is 1. The molecule has 2 rings (SSSR count). The van der Waals surface area contributed by atoms with Crippen molar-refractivity contribution in [2.24, 2.45) is 5.10 Å². The Kier molecular flexibility index (Phi) is 4.22. The van der Waals surface area contributed by atoms with E-state index in [0.29, 0.717) is 0 Å². The molecule has 98 valence electrons. The third-order valence-electron chi connectivity index (χ3n) is 2.29. The molecular formula is C12H13N5O2. The van der Waals surface area contributed by atoms with Gasteiger partial charge in [0.2, 0.25) is 0 Å². The Labute approximate surface area is 109 Å². The molecule has 0 unspecified atom stereocenters. The number of benzene rings is 1. The Bertz CT molecular complexity index is 548. The summed E-state index contributed by atoms with van der Waals surface area (Å²) in [7, 11) is 1.60. The molecular weight excluding hydrogens is 246 g/mol. The van der Waals surface area contributed by atoms with Gasteiger partial charge < -0.3 is 4.74 Å². The van der Waals surface area contributed by atoms with Crippen molar-refractivity contribution in [3.63, 3.8) is 0 Å². The fourth-order valence-electron chi connectivity index (χ4n) is 1.37. The van der Waals surface area contributed by atoms with Crippen LogP contribution in [0.4, 0.5) is 0 Å². The van der Waals surface area contributed by atoms with Crippen molar-refractivity contribution in [1.29, 1.82) is 0 Å². The van der Waals surface area contributed by atoms with E-state index < -0.39 is 0 Å². The molecule has 0 aliphatic heterocycles. The number of methoxy groups -OCH3 is 1. The number of carbonyl (C=O) groups excluding carboxylic acids is 1. The molecule has 1 heterocycles. The summed E-state index contributed by atoms with van der Waals surface area (Å²) in [5.41, 5.74) is 3.27. The molecule has 0 bridgehead atoms. The summed E-state index contributed by atoms with van der Waals surface area (Å²) >= 11 is 0. The second-order valence-electron chi connectivity index (χ2n) is 3.66. The average Bonchev–Trinajstić information content (AvgIpc) is 2.92. The van der Waals surface area contributed by atoms with Gasteiger partial charge >= 0.3 is 0 Å². The van der Waals surface area contributed by atoms with Gasteiger partial charge in [-0.25, -0.2) is 15.1 Å². The van der Waals surface area contributed by atoms with Crippen LogP contribution in [0.3, 0.4) is 0 Å². The summed E-state index contributed by atoms with van der Waals surface area (Å²) in [6, 6.07) is 7.31. The molecule has 0 saturated carbocycles. The van der Waals surface area contributed by atoms with Gasteiger partial charge in [0.05, 0.1) is 13.3 Å². The fraction of sp³-hybridized carbons (Fsp3) is 0.167. The Hall–Kier alpha value is -2.70. The summed E-state index contributed by atoms with van der Waals surface area (Å²) in [5.74, 6) is 0.502. The zero-order valence-corrected chi connectivity index (χ0v) is 10.4. The molecule has 2 aromatic rings. The zero-order chi connectivity index (χ0) is 13.5. The molecule has 1 aromatic heterocycles. The lowest BCUT2D eigenvalue weighted by atomic mass is 10.2.